The van der Waals surface area contributed by atoms with Gasteiger partial charge in [0.05, 0.1) is 20.3 Å². The summed E-state index contributed by atoms with van der Waals surface area (Å²) in [6.07, 6.45) is 2.79. The molecule has 0 aliphatic heterocycles. The summed E-state index contributed by atoms with van der Waals surface area (Å²) < 4.78 is 57.6. The van der Waals surface area contributed by atoms with Crippen molar-refractivity contribution in [2.45, 2.75) is 46.1 Å². The van der Waals surface area contributed by atoms with Gasteiger partial charge in [0.2, 0.25) is 0 Å². The van der Waals surface area contributed by atoms with E-state index in [1.165, 1.54) is 37.4 Å². The van der Waals surface area contributed by atoms with E-state index < -0.39 is 11.8 Å². The number of rotatable bonds is 16. The maximum Gasteiger partial charge on any atom is 0.341 e. The van der Waals surface area contributed by atoms with Gasteiger partial charge in [-0.05, 0) is 72.0 Å². The Morgan fingerprint density at radius 2 is 1.39 bits per heavy atom. The predicted molar refractivity (Wildman–Crippen MR) is 186 cm³/mol. The molecule has 49 heavy (non-hydrogen) atoms. The molecule has 0 unspecified atom stereocenters. The molecule has 6 nitrogen and oxygen atoms in total. The molecule has 0 radical (unpaired) electrons. The molecule has 254 valence electrons. The van der Waals surface area contributed by atoms with Crippen LogP contribution in [0.25, 0.3) is 11.1 Å². The largest absolute Gasteiger partial charge is 0.493 e. The Labute approximate surface area is 286 Å². The fourth-order valence-corrected chi connectivity index (χ4v) is 5.40. The summed E-state index contributed by atoms with van der Waals surface area (Å²) in [7, 11) is 1.26. The lowest BCUT2D eigenvalue weighted by molar-refractivity contribution is 0.0597. The molecule has 0 N–H and O–H groups in total. The molecule has 0 saturated carbocycles. The monoisotopic (exact) mass is 666 g/mol. The minimum atomic E-state index is -0.620. The minimum absolute atomic E-state index is 0.0686. The van der Waals surface area contributed by atoms with Crippen molar-refractivity contribution in [3.63, 3.8) is 0 Å². The molecular weight excluding hydrogens is 626 g/mol. The van der Waals surface area contributed by atoms with E-state index in [4.69, 9.17) is 23.7 Å². The molecule has 5 aromatic rings. The van der Waals surface area contributed by atoms with Gasteiger partial charge in [-0.1, -0.05) is 68.8 Å². The average Bonchev–Trinajstić information content (AvgIpc) is 3.12. The van der Waals surface area contributed by atoms with Gasteiger partial charge in [-0.2, -0.15) is 0 Å². The lowest BCUT2D eigenvalue weighted by Gasteiger charge is -2.18. The lowest BCUT2D eigenvalue weighted by Crippen LogP contribution is -2.08. The number of hydrogen-bond acceptors (Lipinski definition) is 6. The topological polar surface area (TPSA) is 63.2 Å². The van der Waals surface area contributed by atoms with Crippen LogP contribution >= 0.6 is 0 Å². The molecule has 0 saturated heterocycles. The van der Waals surface area contributed by atoms with Crippen molar-refractivity contribution in [2.24, 2.45) is 0 Å². The van der Waals surface area contributed by atoms with Gasteiger partial charge in [0.25, 0.3) is 0 Å². The zero-order chi connectivity index (χ0) is 34.6. The van der Waals surface area contributed by atoms with Gasteiger partial charge >= 0.3 is 5.97 Å². The standard InChI is InChI=1S/C41H40F2O6/c1-4-11-33-36(14-9-15-37(33)49-40-25-32(43)20-21-34(40)41(44)45-3)46-22-10-23-47-38-26-39(48-27-28-12-7-6-8-13-28)35(24-29(38)5-2)30-16-18-31(42)19-17-30/h6-9,12-21,24-26H,4-5,10-11,22-23,27H2,1-3H3. The Bertz CT molecular complexity index is 1840. The third-order valence-electron chi connectivity index (χ3n) is 7.90. The first-order valence-corrected chi connectivity index (χ1v) is 16.4. The molecule has 0 amide bonds. The minimum Gasteiger partial charge on any atom is -0.493 e. The van der Waals surface area contributed by atoms with E-state index in [2.05, 4.69) is 6.92 Å². The zero-order valence-corrected chi connectivity index (χ0v) is 28.0. The number of aryl methyl sites for hydroxylation is 1. The molecule has 0 bridgehead atoms. The SMILES string of the molecule is CCCc1c(OCCCOc2cc(OCc3ccccc3)c(-c3ccc(F)cc3)cc2CC)cccc1Oc1cc(F)ccc1C(=O)OC. The summed E-state index contributed by atoms with van der Waals surface area (Å²) in [6, 6.07) is 29.4. The lowest BCUT2D eigenvalue weighted by atomic mass is 10.00. The van der Waals surface area contributed by atoms with E-state index in [9.17, 15) is 13.6 Å². The van der Waals surface area contributed by atoms with Crippen LogP contribution < -0.4 is 18.9 Å². The summed E-state index contributed by atoms with van der Waals surface area (Å²) in [5, 5.41) is 0. The van der Waals surface area contributed by atoms with Crippen molar-refractivity contribution in [1.29, 1.82) is 0 Å². The van der Waals surface area contributed by atoms with Gasteiger partial charge < -0.3 is 23.7 Å². The van der Waals surface area contributed by atoms with E-state index in [1.807, 2.05) is 55.5 Å². The maximum absolute atomic E-state index is 14.1. The van der Waals surface area contributed by atoms with Gasteiger partial charge in [0, 0.05) is 29.7 Å². The molecule has 0 aliphatic rings. The predicted octanol–water partition coefficient (Wildman–Crippen LogP) is 10.2. The number of carbonyl (C=O) groups is 1. The van der Waals surface area contributed by atoms with Crippen LogP contribution in [0.2, 0.25) is 0 Å². The summed E-state index contributed by atoms with van der Waals surface area (Å²) in [4.78, 5) is 12.3. The third kappa shape index (κ3) is 9.16. The third-order valence-corrected chi connectivity index (χ3v) is 7.90. The van der Waals surface area contributed by atoms with Gasteiger partial charge in [0.15, 0.2) is 0 Å². The van der Waals surface area contributed by atoms with E-state index in [-0.39, 0.29) is 17.1 Å². The van der Waals surface area contributed by atoms with Crippen molar-refractivity contribution in [1.82, 2.24) is 0 Å². The van der Waals surface area contributed by atoms with Crippen LogP contribution in [-0.2, 0) is 24.2 Å². The Balaban J connectivity index is 1.28. The van der Waals surface area contributed by atoms with Crippen LogP contribution in [0.5, 0.6) is 28.7 Å². The second kappa shape index (κ2) is 17.2. The first-order valence-electron chi connectivity index (χ1n) is 16.4. The molecule has 5 rings (SSSR count). The first kappa shape index (κ1) is 35.0. The maximum atomic E-state index is 14.1. The number of hydrogen-bond donors (Lipinski definition) is 0. The van der Waals surface area contributed by atoms with E-state index in [0.717, 1.165) is 46.4 Å². The first-order chi connectivity index (χ1) is 23.9. The number of halogens is 2. The summed E-state index contributed by atoms with van der Waals surface area (Å²) in [5.41, 5.74) is 4.70. The smallest absolute Gasteiger partial charge is 0.341 e. The summed E-state index contributed by atoms with van der Waals surface area (Å²) in [6.45, 7) is 5.25. The van der Waals surface area contributed by atoms with Gasteiger partial charge in [-0.3, -0.25) is 0 Å². The van der Waals surface area contributed by atoms with Crippen LogP contribution in [-0.4, -0.2) is 26.3 Å². The van der Waals surface area contributed by atoms with Crippen LogP contribution in [0.15, 0.2) is 103 Å². The van der Waals surface area contributed by atoms with Crippen LogP contribution in [0, 0.1) is 11.6 Å². The van der Waals surface area contributed by atoms with Crippen molar-refractivity contribution in [2.75, 3.05) is 20.3 Å². The molecule has 0 fully saturated rings. The molecule has 0 aromatic heterocycles. The normalized spacial score (nSPS) is 10.8. The number of benzene rings is 5. The van der Waals surface area contributed by atoms with Crippen molar-refractivity contribution in [3.8, 4) is 39.9 Å². The summed E-state index contributed by atoms with van der Waals surface area (Å²) in [5.74, 6) is 1.11. The highest BCUT2D eigenvalue weighted by Gasteiger charge is 2.18. The van der Waals surface area contributed by atoms with Crippen molar-refractivity contribution < 1.29 is 37.3 Å². The zero-order valence-electron chi connectivity index (χ0n) is 28.0. The molecular formula is C41H40F2O6. The molecule has 0 atom stereocenters. The van der Waals surface area contributed by atoms with Crippen LogP contribution in [0.3, 0.4) is 0 Å². The quantitative estimate of drug-likeness (QED) is 0.0772. The fraction of sp³-hybridized carbons (Fsp3) is 0.244. The fourth-order valence-electron chi connectivity index (χ4n) is 5.40. The molecule has 0 heterocycles. The highest BCUT2D eigenvalue weighted by molar-refractivity contribution is 5.92. The second-order valence-corrected chi connectivity index (χ2v) is 11.4. The Hall–Kier alpha value is -5.37. The Kier molecular flexibility index (Phi) is 12.2. The van der Waals surface area contributed by atoms with E-state index in [0.29, 0.717) is 49.9 Å². The summed E-state index contributed by atoms with van der Waals surface area (Å²) >= 11 is 0. The van der Waals surface area contributed by atoms with E-state index >= 15 is 0 Å². The van der Waals surface area contributed by atoms with Crippen LogP contribution in [0.1, 0.15) is 53.7 Å². The molecule has 0 aliphatic carbocycles. The number of ether oxygens (including phenoxy) is 5. The number of methoxy groups -OCH3 is 1. The second-order valence-electron chi connectivity index (χ2n) is 11.4. The molecule has 0 spiro atoms. The number of esters is 1. The average molecular weight is 667 g/mol. The Morgan fingerprint density at radius 3 is 2.10 bits per heavy atom. The molecule has 8 heteroatoms. The highest BCUT2D eigenvalue weighted by atomic mass is 19.1. The van der Waals surface area contributed by atoms with Crippen LogP contribution in [0.4, 0.5) is 8.78 Å². The Morgan fingerprint density at radius 1 is 0.673 bits per heavy atom. The van der Waals surface area contributed by atoms with Gasteiger partial charge in [0.1, 0.15) is 52.6 Å². The van der Waals surface area contributed by atoms with Gasteiger partial charge in [-0.25, -0.2) is 13.6 Å². The molecule has 5 aromatic carbocycles. The number of carbonyl (C=O) groups excluding carboxylic acids is 1. The van der Waals surface area contributed by atoms with Crippen molar-refractivity contribution in [3.05, 3.63) is 137 Å². The van der Waals surface area contributed by atoms with Crippen molar-refractivity contribution >= 4 is 5.97 Å². The van der Waals surface area contributed by atoms with Gasteiger partial charge in [-0.15, -0.1) is 0 Å². The highest BCUT2D eigenvalue weighted by Crippen LogP contribution is 2.38. The van der Waals surface area contributed by atoms with E-state index in [1.54, 1.807) is 24.3 Å².